The zero-order valence-electron chi connectivity index (χ0n) is 8.54. The van der Waals surface area contributed by atoms with Crippen molar-refractivity contribution in [1.29, 1.82) is 0 Å². The number of hydrogen-bond donors (Lipinski definition) is 1. The van der Waals surface area contributed by atoms with Crippen LogP contribution in [0.25, 0.3) is 0 Å². The minimum Gasteiger partial charge on any atom is -0.316 e. The number of sulfone groups is 1. The lowest BCUT2D eigenvalue weighted by Gasteiger charge is -2.08. The lowest BCUT2D eigenvalue weighted by Crippen LogP contribution is -2.24. The molecule has 1 aliphatic heterocycles. The lowest BCUT2D eigenvalue weighted by molar-refractivity contribution is 0.506. The standard InChI is InChI=1S/C10H19NO2S/c12-14(13)6-4-10(8-14)7-11-5-3-9-1-2-9/h9-11H,1-8H2. The van der Waals surface area contributed by atoms with Gasteiger partial charge in [0.25, 0.3) is 0 Å². The quantitative estimate of drug-likeness (QED) is 0.693. The summed E-state index contributed by atoms with van der Waals surface area (Å²) < 4.78 is 22.3. The van der Waals surface area contributed by atoms with Gasteiger partial charge < -0.3 is 5.32 Å². The highest BCUT2D eigenvalue weighted by atomic mass is 32.2. The van der Waals surface area contributed by atoms with E-state index in [9.17, 15) is 8.42 Å². The molecule has 0 radical (unpaired) electrons. The fraction of sp³-hybridized carbons (Fsp3) is 1.00. The zero-order valence-corrected chi connectivity index (χ0v) is 9.35. The molecule has 82 valence electrons. The molecule has 0 aromatic rings. The third-order valence-electron chi connectivity index (χ3n) is 3.19. The fourth-order valence-corrected chi connectivity index (χ4v) is 3.91. The summed E-state index contributed by atoms with van der Waals surface area (Å²) in [5, 5.41) is 3.37. The van der Waals surface area contributed by atoms with Gasteiger partial charge in [0.2, 0.25) is 0 Å². The third-order valence-corrected chi connectivity index (χ3v) is 5.02. The van der Waals surface area contributed by atoms with Crippen molar-refractivity contribution < 1.29 is 8.42 Å². The first-order valence-electron chi connectivity index (χ1n) is 5.57. The normalized spacial score (nSPS) is 30.7. The second-order valence-corrected chi connectivity index (χ2v) is 6.93. The Morgan fingerprint density at radius 3 is 2.50 bits per heavy atom. The van der Waals surface area contributed by atoms with E-state index in [4.69, 9.17) is 0 Å². The van der Waals surface area contributed by atoms with Crippen LogP contribution in [0.15, 0.2) is 0 Å². The van der Waals surface area contributed by atoms with Gasteiger partial charge in [-0.3, -0.25) is 0 Å². The third kappa shape index (κ3) is 3.24. The predicted octanol–water partition coefficient (Wildman–Crippen LogP) is 0.811. The number of hydrogen-bond acceptors (Lipinski definition) is 3. The van der Waals surface area contributed by atoms with Gasteiger partial charge in [-0.2, -0.15) is 0 Å². The molecule has 0 amide bonds. The van der Waals surface area contributed by atoms with Crippen LogP contribution < -0.4 is 5.32 Å². The smallest absolute Gasteiger partial charge is 0.150 e. The van der Waals surface area contributed by atoms with Crippen molar-refractivity contribution in [3.63, 3.8) is 0 Å². The summed E-state index contributed by atoms with van der Waals surface area (Å²) in [7, 11) is -2.68. The summed E-state index contributed by atoms with van der Waals surface area (Å²) in [5.41, 5.74) is 0. The van der Waals surface area contributed by atoms with Crippen molar-refractivity contribution >= 4 is 9.84 Å². The van der Waals surface area contributed by atoms with Crippen molar-refractivity contribution in [3.05, 3.63) is 0 Å². The molecule has 3 nitrogen and oxygen atoms in total. The van der Waals surface area contributed by atoms with Gasteiger partial charge in [0.15, 0.2) is 9.84 Å². The highest BCUT2D eigenvalue weighted by molar-refractivity contribution is 7.91. The van der Waals surface area contributed by atoms with Crippen molar-refractivity contribution in [3.8, 4) is 0 Å². The minimum atomic E-state index is -2.68. The molecule has 0 aromatic carbocycles. The van der Waals surface area contributed by atoms with Crippen LogP contribution in [0.2, 0.25) is 0 Å². The van der Waals surface area contributed by atoms with E-state index in [0.29, 0.717) is 17.4 Å². The molecule has 0 spiro atoms. The van der Waals surface area contributed by atoms with Gasteiger partial charge >= 0.3 is 0 Å². The van der Waals surface area contributed by atoms with Gasteiger partial charge in [-0.1, -0.05) is 12.8 Å². The van der Waals surface area contributed by atoms with Gasteiger partial charge in [0, 0.05) is 0 Å². The van der Waals surface area contributed by atoms with E-state index < -0.39 is 9.84 Å². The molecule has 2 rings (SSSR count). The SMILES string of the molecule is O=S1(=O)CCC(CNCCC2CC2)C1. The highest BCUT2D eigenvalue weighted by Gasteiger charge is 2.27. The fourth-order valence-electron chi connectivity index (χ4n) is 2.05. The summed E-state index contributed by atoms with van der Waals surface area (Å²) in [6.45, 7) is 1.97. The Hall–Kier alpha value is -0.0900. The van der Waals surface area contributed by atoms with E-state index in [1.54, 1.807) is 0 Å². The van der Waals surface area contributed by atoms with Gasteiger partial charge in [0.1, 0.15) is 0 Å². The van der Waals surface area contributed by atoms with Gasteiger partial charge in [-0.25, -0.2) is 8.42 Å². The topological polar surface area (TPSA) is 46.2 Å². The average molecular weight is 217 g/mol. The molecule has 14 heavy (non-hydrogen) atoms. The number of nitrogens with one attached hydrogen (secondary N) is 1. The maximum absolute atomic E-state index is 11.2. The van der Waals surface area contributed by atoms with Crippen LogP contribution in [0.5, 0.6) is 0 Å². The highest BCUT2D eigenvalue weighted by Crippen LogP contribution is 2.31. The molecule has 0 aromatic heterocycles. The molecule has 1 saturated heterocycles. The predicted molar refractivity (Wildman–Crippen MR) is 57.0 cm³/mol. The molecule has 1 atom stereocenters. The monoisotopic (exact) mass is 217 g/mol. The summed E-state index contributed by atoms with van der Waals surface area (Å²) in [4.78, 5) is 0. The molecule has 1 aliphatic carbocycles. The van der Waals surface area contributed by atoms with Crippen molar-refractivity contribution in [2.24, 2.45) is 11.8 Å². The second kappa shape index (κ2) is 4.19. The molecular formula is C10H19NO2S. The minimum absolute atomic E-state index is 0.374. The summed E-state index contributed by atoms with van der Waals surface area (Å²) in [6, 6.07) is 0. The van der Waals surface area contributed by atoms with Crippen LogP contribution in [-0.4, -0.2) is 33.0 Å². The van der Waals surface area contributed by atoms with Gasteiger partial charge in [-0.15, -0.1) is 0 Å². The maximum Gasteiger partial charge on any atom is 0.150 e. The Morgan fingerprint density at radius 1 is 1.14 bits per heavy atom. The van der Waals surface area contributed by atoms with E-state index >= 15 is 0 Å². The maximum atomic E-state index is 11.2. The molecule has 4 heteroatoms. The molecule has 1 unspecified atom stereocenters. The second-order valence-electron chi connectivity index (χ2n) is 4.71. The van der Waals surface area contributed by atoms with E-state index in [1.165, 1.54) is 19.3 Å². The zero-order chi connectivity index (χ0) is 10.0. The summed E-state index contributed by atoms with van der Waals surface area (Å²) in [6.07, 6.45) is 4.94. The van der Waals surface area contributed by atoms with E-state index in [2.05, 4.69) is 5.32 Å². The van der Waals surface area contributed by atoms with Gasteiger partial charge in [-0.05, 0) is 37.8 Å². The molecule has 2 aliphatic rings. The molecule has 1 heterocycles. The van der Waals surface area contributed by atoms with E-state index in [-0.39, 0.29) is 0 Å². The molecule has 2 fully saturated rings. The van der Waals surface area contributed by atoms with Crippen LogP contribution >= 0.6 is 0 Å². The van der Waals surface area contributed by atoms with Crippen LogP contribution in [0.1, 0.15) is 25.7 Å². The van der Waals surface area contributed by atoms with Crippen LogP contribution in [0, 0.1) is 11.8 Å². The van der Waals surface area contributed by atoms with Crippen LogP contribution in [0.4, 0.5) is 0 Å². The Balaban J connectivity index is 1.57. The average Bonchev–Trinajstić information content (AvgIpc) is 2.86. The molecule has 1 N–H and O–H groups in total. The Morgan fingerprint density at radius 2 is 1.93 bits per heavy atom. The van der Waals surface area contributed by atoms with E-state index in [0.717, 1.165) is 25.4 Å². The van der Waals surface area contributed by atoms with Crippen molar-refractivity contribution in [1.82, 2.24) is 5.32 Å². The Bertz CT molecular complexity index is 282. The first-order valence-corrected chi connectivity index (χ1v) is 7.39. The first-order chi connectivity index (χ1) is 6.66. The molecular weight excluding hydrogens is 198 g/mol. The number of rotatable bonds is 5. The lowest BCUT2D eigenvalue weighted by atomic mass is 10.1. The van der Waals surface area contributed by atoms with Crippen molar-refractivity contribution in [2.75, 3.05) is 24.6 Å². The molecule has 1 saturated carbocycles. The first kappa shape index (κ1) is 10.4. The van der Waals surface area contributed by atoms with Crippen LogP contribution in [0.3, 0.4) is 0 Å². The summed E-state index contributed by atoms with van der Waals surface area (Å²) >= 11 is 0. The largest absolute Gasteiger partial charge is 0.316 e. The van der Waals surface area contributed by atoms with Crippen molar-refractivity contribution in [2.45, 2.75) is 25.7 Å². The van der Waals surface area contributed by atoms with E-state index in [1.807, 2.05) is 0 Å². The summed E-state index contributed by atoms with van der Waals surface area (Å²) in [5.74, 6) is 2.15. The van der Waals surface area contributed by atoms with Gasteiger partial charge in [0.05, 0.1) is 11.5 Å². The molecule has 0 bridgehead atoms. The Labute approximate surface area is 86.2 Å². The Kier molecular flexibility index (Phi) is 3.12. The van der Waals surface area contributed by atoms with Crippen LogP contribution in [-0.2, 0) is 9.84 Å².